The topological polar surface area (TPSA) is 122 Å². The van der Waals surface area contributed by atoms with Crippen molar-refractivity contribution in [1.82, 2.24) is 4.57 Å². The molecule has 0 saturated carbocycles. The Morgan fingerprint density at radius 3 is 2.42 bits per heavy atom. The van der Waals surface area contributed by atoms with Gasteiger partial charge < -0.3 is 14.2 Å². The number of allylic oxidation sites excluding steroid dienone is 1. The first-order valence-corrected chi connectivity index (χ1v) is 11.7. The van der Waals surface area contributed by atoms with Crippen molar-refractivity contribution >= 4 is 29.1 Å². The number of carbonyl (C=O) groups excluding carboxylic acids is 1. The van der Waals surface area contributed by atoms with Crippen molar-refractivity contribution in [2.75, 3.05) is 21.3 Å². The zero-order chi connectivity index (χ0) is 26.0. The van der Waals surface area contributed by atoms with Gasteiger partial charge in [-0.15, -0.1) is 0 Å². The number of methoxy groups -OCH3 is 3. The number of benzene rings is 2. The third-order valence-electron chi connectivity index (χ3n) is 5.78. The lowest BCUT2D eigenvalue weighted by molar-refractivity contribution is -0.385. The molecule has 1 aromatic heterocycles. The number of hydrogen-bond acceptors (Lipinski definition) is 9. The molecule has 0 N–H and O–H groups in total. The lowest BCUT2D eigenvalue weighted by atomic mass is 9.95. The summed E-state index contributed by atoms with van der Waals surface area (Å²) in [5.74, 6) is -0.0954. The molecule has 0 saturated heterocycles. The third kappa shape index (κ3) is 4.29. The summed E-state index contributed by atoms with van der Waals surface area (Å²) in [6.45, 7) is 1.87. The fourth-order valence-corrected chi connectivity index (χ4v) is 5.12. The maximum Gasteiger partial charge on any atom is 0.338 e. The molecule has 1 aliphatic rings. The van der Waals surface area contributed by atoms with Crippen molar-refractivity contribution in [1.29, 1.82) is 0 Å². The van der Waals surface area contributed by atoms with Crippen molar-refractivity contribution in [2.24, 2.45) is 4.99 Å². The molecule has 0 spiro atoms. The lowest BCUT2D eigenvalue weighted by Crippen LogP contribution is -2.40. The quantitative estimate of drug-likeness (QED) is 0.273. The molecule has 0 radical (unpaired) electrons. The summed E-state index contributed by atoms with van der Waals surface area (Å²) in [5, 5.41) is 11.8. The molecule has 11 heteroatoms. The minimum atomic E-state index is -0.757. The first-order chi connectivity index (χ1) is 17.3. The van der Waals surface area contributed by atoms with Gasteiger partial charge in [0.15, 0.2) is 16.3 Å². The molecule has 1 atom stereocenters. The SMILES string of the molecule is CCC1=C(C(=O)OC)[C@@H](c2ccccc2)n2c(s/c(=C\c3cc(OC)c(OC)cc3[N+](=O)[O-])c2=O)=N1. The van der Waals surface area contributed by atoms with Crippen molar-refractivity contribution in [3.8, 4) is 11.5 Å². The fourth-order valence-electron chi connectivity index (χ4n) is 4.11. The summed E-state index contributed by atoms with van der Waals surface area (Å²) in [6.07, 6.45) is 1.87. The average molecular weight is 510 g/mol. The summed E-state index contributed by atoms with van der Waals surface area (Å²) in [7, 11) is 4.08. The molecule has 3 aromatic rings. The van der Waals surface area contributed by atoms with Gasteiger partial charge in [-0.05, 0) is 24.1 Å². The van der Waals surface area contributed by atoms with E-state index in [2.05, 4.69) is 4.99 Å². The van der Waals surface area contributed by atoms with Crippen LogP contribution in [0.3, 0.4) is 0 Å². The van der Waals surface area contributed by atoms with Crippen LogP contribution < -0.4 is 24.4 Å². The second-order valence-corrected chi connectivity index (χ2v) is 8.73. The van der Waals surface area contributed by atoms with E-state index in [1.165, 1.54) is 44.1 Å². The van der Waals surface area contributed by atoms with Crippen LogP contribution in [-0.4, -0.2) is 36.8 Å². The molecule has 186 valence electrons. The van der Waals surface area contributed by atoms with Crippen LogP contribution in [0.15, 0.2) is 63.5 Å². The van der Waals surface area contributed by atoms with E-state index < -0.39 is 22.5 Å². The largest absolute Gasteiger partial charge is 0.493 e. The number of thiazole rings is 1. The van der Waals surface area contributed by atoms with E-state index in [0.29, 0.717) is 22.5 Å². The summed E-state index contributed by atoms with van der Waals surface area (Å²) in [5.41, 5.74) is 0.990. The van der Waals surface area contributed by atoms with Crippen molar-refractivity contribution in [2.45, 2.75) is 19.4 Å². The minimum absolute atomic E-state index is 0.169. The van der Waals surface area contributed by atoms with E-state index in [1.54, 1.807) is 0 Å². The number of nitrogens with zero attached hydrogens (tertiary/aromatic N) is 3. The molecule has 1 aliphatic heterocycles. The Labute approximate surface area is 209 Å². The van der Waals surface area contributed by atoms with Gasteiger partial charge in [0.25, 0.3) is 11.2 Å². The Bertz CT molecular complexity index is 1550. The van der Waals surface area contributed by atoms with Crippen LogP contribution in [0.2, 0.25) is 0 Å². The number of esters is 1. The van der Waals surface area contributed by atoms with E-state index in [0.717, 1.165) is 11.3 Å². The van der Waals surface area contributed by atoms with Crippen LogP contribution in [0.1, 0.15) is 30.5 Å². The highest BCUT2D eigenvalue weighted by Crippen LogP contribution is 2.35. The molecule has 4 rings (SSSR count). The zero-order valence-electron chi connectivity index (χ0n) is 20.0. The Kier molecular flexibility index (Phi) is 7.02. The van der Waals surface area contributed by atoms with E-state index in [-0.39, 0.29) is 32.9 Å². The zero-order valence-corrected chi connectivity index (χ0v) is 20.8. The molecule has 0 aliphatic carbocycles. The Balaban J connectivity index is 2.02. The third-order valence-corrected chi connectivity index (χ3v) is 6.76. The standard InChI is InChI=1S/C25H23N3O7S/c1-5-16-21(24(30)35-4)22(14-9-7-6-8-10-14)27-23(29)20(36-25(27)26-16)12-15-11-18(33-2)19(34-3)13-17(15)28(31)32/h6-13,22H,5H2,1-4H3/b20-12-/t22-/m1/s1. The maximum atomic E-state index is 13.7. The number of fused-ring (bicyclic) bond motifs is 1. The van der Waals surface area contributed by atoms with Gasteiger partial charge in [-0.1, -0.05) is 48.6 Å². The average Bonchev–Trinajstić information content (AvgIpc) is 3.21. The molecular formula is C25H23N3O7S. The van der Waals surface area contributed by atoms with Crippen LogP contribution in [0.25, 0.3) is 6.08 Å². The number of carbonyl (C=O) groups is 1. The van der Waals surface area contributed by atoms with Crippen LogP contribution in [0, 0.1) is 10.1 Å². The van der Waals surface area contributed by atoms with Gasteiger partial charge in [0, 0.05) is 0 Å². The van der Waals surface area contributed by atoms with Crippen LogP contribution >= 0.6 is 11.3 Å². The molecule has 0 bridgehead atoms. The normalized spacial score (nSPS) is 15.2. The minimum Gasteiger partial charge on any atom is -0.493 e. The van der Waals surface area contributed by atoms with E-state index in [9.17, 15) is 19.7 Å². The second kappa shape index (κ2) is 10.2. The van der Waals surface area contributed by atoms with Gasteiger partial charge in [-0.3, -0.25) is 19.5 Å². The van der Waals surface area contributed by atoms with Gasteiger partial charge in [-0.25, -0.2) is 9.79 Å². The Morgan fingerprint density at radius 2 is 1.83 bits per heavy atom. The van der Waals surface area contributed by atoms with Gasteiger partial charge in [0.05, 0.1) is 59.7 Å². The molecule has 0 unspecified atom stereocenters. The van der Waals surface area contributed by atoms with Crippen LogP contribution in [0.4, 0.5) is 5.69 Å². The highest BCUT2D eigenvalue weighted by atomic mass is 32.1. The maximum absolute atomic E-state index is 13.7. The van der Waals surface area contributed by atoms with E-state index >= 15 is 0 Å². The molecule has 2 heterocycles. The first kappa shape index (κ1) is 24.9. The van der Waals surface area contributed by atoms with Crippen LogP contribution in [-0.2, 0) is 9.53 Å². The Morgan fingerprint density at radius 1 is 1.17 bits per heavy atom. The highest BCUT2D eigenvalue weighted by molar-refractivity contribution is 7.07. The second-order valence-electron chi connectivity index (χ2n) is 7.72. The number of rotatable bonds is 7. The molecule has 0 amide bonds. The van der Waals surface area contributed by atoms with E-state index in [1.807, 2.05) is 37.3 Å². The van der Waals surface area contributed by atoms with Gasteiger partial charge in [0.1, 0.15) is 0 Å². The lowest BCUT2D eigenvalue weighted by Gasteiger charge is -2.25. The summed E-state index contributed by atoms with van der Waals surface area (Å²) < 4.78 is 17.2. The first-order valence-electron chi connectivity index (χ1n) is 10.9. The van der Waals surface area contributed by atoms with E-state index in [4.69, 9.17) is 14.2 Å². The molecule has 10 nitrogen and oxygen atoms in total. The molecule has 36 heavy (non-hydrogen) atoms. The predicted molar refractivity (Wildman–Crippen MR) is 133 cm³/mol. The van der Waals surface area contributed by atoms with Gasteiger partial charge >= 0.3 is 5.97 Å². The Hall–Kier alpha value is -4.25. The number of nitro benzene ring substituents is 1. The van der Waals surface area contributed by atoms with Gasteiger partial charge in [0.2, 0.25) is 0 Å². The predicted octanol–water partition coefficient (Wildman–Crippen LogP) is 2.72. The van der Waals surface area contributed by atoms with Crippen molar-refractivity contribution < 1.29 is 23.9 Å². The summed E-state index contributed by atoms with van der Waals surface area (Å²) in [6, 6.07) is 11.1. The summed E-state index contributed by atoms with van der Waals surface area (Å²) >= 11 is 1.09. The number of nitro groups is 1. The van der Waals surface area contributed by atoms with Crippen molar-refractivity contribution in [3.63, 3.8) is 0 Å². The smallest absolute Gasteiger partial charge is 0.338 e. The fraction of sp³-hybridized carbons (Fsp3) is 0.240. The van der Waals surface area contributed by atoms with Crippen molar-refractivity contribution in [3.05, 3.63) is 94.7 Å². The molecule has 2 aromatic carbocycles. The monoisotopic (exact) mass is 509 g/mol. The number of ether oxygens (including phenoxy) is 3. The molecule has 0 fully saturated rings. The highest BCUT2D eigenvalue weighted by Gasteiger charge is 2.33. The number of hydrogen-bond donors (Lipinski definition) is 0. The summed E-state index contributed by atoms with van der Waals surface area (Å²) in [4.78, 5) is 42.7. The van der Waals surface area contributed by atoms with Crippen LogP contribution in [0.5, 0.6) is 11.5 Å². The molecular weight excluding hydrogens is 486 g/mol. The number of aromatic nitrogens is 1. The van der Waals surface area contributed by atoms with Gasteiger partial charge in [-0.2, -0.15) is 0 Å².